The Morgan fingerprint density at radius 3 is 2.64 bits per heavy atom. The highest BCUT2D eigenvalue weighted by Crippen LogP contribution is 2.22. The minimum absolute atomic E-state index is 0.0317. The molecule has 1 aliphatic rings. The molecule has 25 heavy (non-hydrogen) atoms. The largest absolute Gasteiger partial charge is 0.441 e. The summed E-state index contributed by atoms with van der Waals surface area (Å²) in [5, 5.41) is 0. The molecule has 0 bridgehead atoms. The number of halogens is 1. The fraction of sp³-hybridized carbons (Fsp3) is 0.263. The molecule has 1 amide bonds. The average molecular weight is 339 g/mol. The number of hydrogen-bond donors (Lipinski definition) is 0. The maximum absolute atomic E-state index is 13.9. The van der Waals surface area contributed by atoms with E-state index in [1.807, 2.05) is 11.0 Å². The van der Waals surface area contributed by atoms with Gasteiger partial charge in [0.15, 0.2) is 11.5 Å². The van der Waals surface area contributed by atoms with Crippen molar-refractivity contribution in [1.82, 2.24) is 9.88 Å². The molecule has 1 aliphatic heterocycles. The lowest BCUT2D eigenvalue weighted by molar-refractivity contribution is 0.0747. The van der Waals surface area contributed by atoms with Crippen LogP contribution in [-0.2, 0) is 0 Å². The Morgan fingerprint density at radius 2 is 1.88 bits per heavy atom. The van der Waals surface area contributed by atoms with Gasteiger partial charge in [-0.3, -0.25) is 4.79 Å². The van der Waals surface area contributed by atoms with Crippen LogP contribution in [0.15, 0.2) is 46.9 Å². The van der Waals surface area contributed by atoms with Gasteiger partial charge in [-0.1, -0.05) is 12.1 Å². The molecule has 6 heteroatoms. The number of piperazine rings is 1. The molecular formula is C19H18FN3O2. The number of oxazole rings is 1. The van der Waals surface area contributed by atoms with Crippen LogP contribution in [0.3, 0.4) is 0 Å². The van der Waals surface area contributed by atoms with Crippen molar-refractivity contribution >= 4 is 22.7 Å². The van der Waals surface area contributed by atoms with Crippen molar-refractivity contribution in [3.8, 4) is 0 Å². The molecule has 5 nitrogen and oxygen atoms in total. The zero-order valence-corrected chi connectivity index (χ0v) is 13.9. The molecule has 0 spiro atoms. The molecule has 0 atom stereocenters. The van der Waals surface area contributed by atoms with E-state index in [0.29, 0.717) is 54.4 Å². The predicted molar refractivity (Wildman–Crippen MR) is 93.3 cm³/mol. The van der Waals surface area contributed by atoms with Crippen molar-refractivity contribution < 1.29 is 13.6 Å². The topological polar surface area (TPSA) is 49.6 Å². The predicted octanol–water partition coefficient (Wildman–Crippen LogP) is 3.24. The quantitative estimate of drug-likeness (QED) is 0.719. The van der Waals surface area contributed by atoms with Crippen molar-refractivity contribution in [2.24, 2.45) is 0 Å². The Hall–Kier alpha value is -2.89. The Balaban J connectivity index is 1.48. The van der Waals surface area contributed by atoms with Crippen LogP contribution < -0.4 is 4.90 Å². The lowest BCUT2D eigenvalue weighted by atomic mass is 10.1. The first kappa shape index (κ1) is 15.6. The smallest absolute Gasteiger partial charge is 0.254 e. The third-order valence-corrected chi connectivity index (χ3v) is 4.50. The summed E-state index contributed by atoms with van der Waals surface area (Å²) in [6.45, 7) is 4.12. The molecular weight excluding hydrogens is 321 g/mol. The second-order valence-electron chi connectivity index (χ2n) is 6.15. The van der Waals surface area contributed by atoms with Gasteiger partial charge in [-0.25, -0.2) is 9.37 Å². The molecule has 1 saturated heterocycles. The molecule has 0 radical (unpaired) electrons. The number of amides is 1. The summed E-state index contributed by atoms with van der Waals surface area (Å²) in [6.07, 6.45) is 0. The standard InChI is InChI=1S/C19H18FN3O2/c1-13-21-16-12-14(6-7-18(16)25-13)19(24)23-10-8-22(9-11-23)17-5-3-2-4-15(17)20/h2-7,12H,8-11H2,1H3. The number of carbonyl (C=O) groups excluding carboxylic acids is 1. The van der Waals surface area contributed by atoms with Gasteiger partial charge in [0, 0.05) is 38.7 Å². The van der Waals surface area contributed by atoms with Gasteiger partial charge in [-0.2, -0.15) is 0 Å². The minimum atomic E-state index is -0.228. The van der Waals surface area contributed by atoms with Crippen LogP contribution in [-0.4, -0.2) is 42.0 Å². The molecule has 0 aliphatic carbocycles. The summed E-state index contributed by atoms with van der Waals surface area (Å²) < 4.78 is 19.4. The molecule has 4 rings (SSSR count). The number of benzene rings is 2. The number of anilines is 1. The maximum atomic E-state index is 13.9. The number of para-hydroxylation sites is 1. The van der Waals surface area contributed by atoms with Crippen LogP contribution >= 0.6 is 0 Å². The third-order valence-electron chi connectivity index (χ3n) is 4.50. The van der Waals surface area contributed by atoms with E-state index in [1.54, 1.807) is 42.2 Å². The normalized spacial score (nSPS) is 15.0. The van der Waals surface area contributed by atoms with Crippen LogP contribution in [0.5, 0.6) is 0 Å². The molecule has 1 aromatic heterocycles. The zero-order valence-electron chi connectivity index (χ0n) is 13.9. The summed E-state index contributed by atoms with van der Waals surface area (Å²) >= 11 is 0. The summed E-state index contributed by atoms with van der Waals surface area (Å²) in [6, 6.07) is 12.0. The van der Waals surface area contributed by atoms with E-state index in [2.05, 4.69) is 4.98 Å². The summed E-state index contributed by atoms with van der Waals surface area (Å²) in [4.78, 5) is 20.8. The number of rotatable bonds is 2. The van der Waals surface area contributed by atoms with E-state index in [9.17, 15) is 9.18 Å². The first-order valence-electron chi connectivity index (χ1n) is 8.28. The number of aromatic nitrogens is 1. The van der Waals surface area contributed by atoms with Gasteiger partial charge >= 0.3 is 0 Å². The second kappa shape index (κ2) is 6.20. The zero-order chi connectivity index (χ0) is 17.4. The number of fused-ring (bicyclic) bond motifs is 1. The highest BCUT2D eigenvalue weighted by Gasteiger charge is 2.24. The Kier molecular flexibility index (Phi) is 3.87. The molecule has 0 unspecified atom stereocenters. The molecule has 3 aromatic rings. The molecule has 0 saturated carbocycles. The van der Waals surface area contributed by atoms with Crippen LogP contribution in [0.2, 0.25) is 0 Å². The number of aryl methyl sites for hydroxylation is 1. The van der Waals surface area contributed by atoms with Gasteiger partial charge in [0.2, 0.25) is 0 Å². The number of carbonyl (C=O) groups is 1. The van der Waals surface area contributed by atoms with Gasteiger partial charge in [0.1, 0.15) is 11.3 Å². The molecule has 2 heterocycles. The Labute approximate surface area is 144 Å². The lowest BCUT2D eigenvalue weighted by Gasteiger charge is -2.36. The lowest BCUT2D eigenvalue weighted by Crippen LogP contribution is -2.49. The number of hydrogen-bond acceptors (Lipinski definition) is 4. The van der Waals surface area contributed by atoms with Crippen molar-refractivity contribution in [3.05, 3.63) is 59.7 Å². The highest BCUT2D eigenvalue weighted by molar-refractivity contribution is 5.97. The third kappa shape index (κ3) is 2.95. The van der Waals surface area contributed by atoms with Crippen molar-refractivity contribution in [2.45, 2.75) is 6.92 Å². The summed E-state index contributed by atoms with van der Waals surface area (Å²) in [5.41, 5.74) is 2.56. The molecule has 0 N–H and O–H groups in total. The van der Waals surface area contributed by atoms with Crippen LogP contribution in [0.4, 0.5) is 10.1 Å². The molecule has 2 aromatic carbocycles. The van der Waals surface area contributed by atoms with E-state index >= 15 is 0 Å². The van der Waals surface area contributed by atoms with Gasteiger partial charge < -0.3 is 14.2 Å². The van der Waals surface area contributed by atoms with Crippen LogP contribution in [0, 0.1) is 12.7 Å². The fourth-order valence-corrected chi connectivity index (χ4v) is 3.22. The van der Waals surface area contributed by atoms with Gasteiger partial charge in [0.25, 0.3) is 5.91 Å². The fourth-order valence-electron chi connectivity index (χ4n) is 3.22. The summed E-state index contributed by atoms with van der Waals surface area (Å²) in [7, 11) is 0. The highest BCUT2D eigenvalue weighted by atomic mass is 19.1. The van der Waals surface area contributed by atoms with E-state index in [4.69, 9.17) is 4.42 Å². The maximum Gasteiger partial charge on any atom is 0.254 e. The van der Waals surface area contributed by atoms with E-state index in [0.717, 1.165) is 0 Å². The van der Waals surface area contributed by atoms with E-state index in [-0.39, 0.29) is 11.7 Å². The molecule has 128 valence electrons. The van der Waals surface area contributed by atoms with Crippen molar-refractivity contribution in [2.75, 3.05) is 31.1 Å². The minimum Gasteiger partial charge on any atom is -0.441 e. The van der Waals surface area contributed by atoms with Gasteiger partial charge in [-0.05, 0) is 30.3 Å². The van der Waals surface area contributed by atoms with Crippen molar-refractivity contribution in [1.29, 1.82) is 0 Å². The van der Waals surface area contributed by atoms with E-state index < -0.39 is 0 Å². The average Bonchev–Trinajstić information content (AvgIpc) is 3.01. The van der Waals surface area contributed by atoms with Gasteiger partial charge in [0.05, 0.1) is 5.69 Å². The van der Waals surface area contributed by atoms with Crippen molar-refractivity contribution in [3.63, 3.8) is 0 Å². The SMILES string of the molecule is Cc1nc2cc(C(=O)N3CCN(c4ccccc4F)CC3)ccc2o1. The van der Waals surface area contributed by atoms with Crippen LogP contribution in [0.1, 0.15) is 16.2 Å². The Bertz CT molecular complexity index is 929. The van der Waals surface area contributed by atoms with E-state index in [1.165, 1.54) is 6.07 Å². The second-order valence-corrected chi connectivity index (χ2v) is 6.15. The first-order chi connectivity index (χ1) is 12.1. The number of nitrogens with zero attached hydrogens (tertiary/aromatic N) is 3. The summed E-state index contributed by atoms with van der Waals surface area (Å²) in [5.74, 6) is 0.322. The van der Waals surface area contributed by atoms with Gasteiger partial charge in [-0.15, -0.1) is 0 Å². The van der Waals surface area contributed by atoms with Crippen LogP contribution in [0.25, 0.3) is 11.1 Å². The molecule has 1 fully saturated rings. The Morgan fingerprint density at radius 1 is 1.12 bits per heavy atom. The first-order valence-corrected chi connectivity index (χ1v) is 8.28. The monoisotopic (exact) mass is 339 g/mol.